The van der Waals surface area contributed by atoms with Crippen molar-refractivity contribution in [3.63, 3.8) is 0 Å². The van der Waals surface area contributed by atoms with Gasteiger partial charge in [-0.15, -0.1) is 0 Å². The number of ether oxygens (including phenoxy) is 2. The van der Waals surface area contributed by atoms with Gasteiger partial charge in [0.1, 0.15) is 11.5 Å². The molecule has 1 amide bonds. The van der Waals surface area contributed by atoms with Crippen molar-refractivity contribution in [1.82, 2.24) is 0 Å². The Bertz CT molecular complexity index is 1180. The Balaban J connectivity index is 1.65. The zero-order chi connectivity index (χ0) is 23.8. The highest BCUT2D eigenvalue weighted by atomic mass is 32.2. The molecule has 8 heteroatoms. The second-order valence-electron chi connectivity index (χ2n) is 7.24. The molecule has 0 aromatic heterocycles. The molecule has 33 heavy (non-hydrogen) atoms. The minimum Gasteiger partial charge on any atom is -0.492 e. The third-order valence-corrected chi connectivity index (χ3v) is 6.77. The summed E-state index contributed by atoms with van der Waals surface area (Å²) in [4.78, 5) is 12.5. The molecule has 3 rings (SSSR count). The van der Waals surface area contributed by atoms with Crippen molar-refractivity contribution in [3.8, 4) is 11.5 Å². The molecule has 3 aromatic rings. The summed E-state index contributed by atoms with van der Waals surface area (Å²) >= 11 is 0. The standard InChI is InChI=1S/C25H28N2O5S/c1-4-27(33(29,30)22-16-10-19(3)11-17-22)20-12-14-21(15-13-20)32-18-25(28)26-23-8-6-7-9-24(23)31-5-2/h6-17H,4-5,18H2,1-3H3,(H,26,28). The van der Waals surface area contributed by atoms with Crippen molar-refractivity contribution in [2.24, 2.45) is 0 Å². The topological polar surface area (TPSA) is 84.9 Å². The maximum absolute atomic E-state index is 13.1. The predicted molar refractivity (Wildman–Crippen MR) is 130 cm³/mol. The van der Waals surface area contributed by atoms with E-state index in [1.165, 1.54) is 4.31 Å². The zero-order valence-electron chi connectivity index (χ0n) is 18.9. The van der Waals surface area contributed by atoms with Gasteiger partial charge in [0.15, 0.2) is 6.61 Å². The Labute approximate surface area is 195 Å². The fourth-order valence-electron chi connectivity index (χ4n) is 3.22. The van der Waals surface area contributed by atoms with Crippen LogP contribution in [-0.4, -0.2) is 34.1 Å². The van der Waals surface area contributed by atoms with E-state index in [2.05, 4.69) is 5.32 Å². The first kappa shape index (κ1) is 24.1. The van der Waals surface area contributed by atoms with Crippen LogP contribution in [0.15, 0.2) is 77.7 Å². The Morgan fingerprint density at radius 2 is 1.58 bits per heavy atom. The van der Waals surface area contributed by atoms with Gasteiger partial charge < -0.3 is 14.8 Å². The number of carbonyl (C=O) groups is 1. The molecular formula is C25H28N2O5S. The average molecular weight is 469 g/mol. The smallest absolute Gasteiger partial charge is 0.264 e. The molecule has 0 saturated heterocycles. The number of anilines is 2. The van der Waals surface area contributed by atoms with Crippen LogP contribution < -0.4 is 19.1 Å². The van der Waals surface area contributed by atoms with E-state index < -0.39 is 10.0 Å². The number of sulfonamides is 1. The molecule has 0 heterocycles. The lowest BCUT2D eigenvalue weighted by Crippen LogP contribution is -2.30. The van der Waals surface area contributed by atoms with E-state index in [0.29, 0.717) is 29.5 Å². The molecule has 0 bridgehead atoms. The summed E-state index contributed by atoms with van der Waals surface area (Å²) in [5.41, 5.74) is 2.08. The molecule has 0 spiro atoms. The number of hydrogen-bond donors (Lipinski definition) is 1. The highest BCUT2D eigenvalue weighted by molar-refractivity contribution is 7.92. The van der Waals surface area contributed by atoms with E-state index in [9.17, 15) is 13.2 Å². The van der Waals surface area contributed by atoms with Gasteiger partial charge in [0, 0.05) is 6.54 Å². The summed E-state index contributed by atoms with van der Waals surface area (Å²) < 4.78 is 38.5. The Morgan fingerprint density at radius 3 is 2.21 bits per heavy atom. The Hall–Kier alpha value is -3.52. The minimum absolute atomic E-state index is 0.195. The van der Waals surface area contributed by atoms with Gasteiger partial charge in [-0.05, 0) is 69.3 Å². The van der Waals surface area contributed by atoms with Gasteiger partial charge in [0.2, 0.25) is 0 Å². The Morgan fingerprint density at radius 1 is 0.909 bits per heavy atom. The van der Waals surface area contributed by atoms with Crippen molar-refractivity contribution in [2.75, 3.05) is 29.4 Å². The summed E-state index contributed by atoms with van der Waals surface area (Å²) in [6.07, 6.45) is 0. The van der Waals surface area contributed by atoms with Crippen LogP contribution in [0.25, 0.3) is 0 Å². The van der Waals surface area contributed by atoms with Crippen molar-refractivity contribution in [1.29, 1.82) is 0 Å². The summed E-state index contributed by atoms with van der Waals surface area (Å²) in [7, 11) is -3.69. The van der Waals surface area contributed by atoms with Gasteiger partial charge in [-0.3, -0.25) is 9.10 Å². The number of hydrogen-bond acceptors (Lipinski definition) is 5. The number of aryl methyl sites for hydroxylation is 1. The van der Waals surface area contributed by atoms with Crippen molar-refractivity contribution in [2.45, 2.75) is 25.7 Å². The molecule has 0 fully saturated rings. The number of carbonyl (C=O) groups excluding carboxylic acids is 1. The summed E-state index contributed by atoms with van der Waals surface area (Å²) in [5.74, 6) is 0.714. The molecule has 0 atom stereocenters. The van der Waals surface area contributed by atoms with Crippen molar-refractivity contribution < 1.29 is 22.7 Å². The molecular weight excluding hydrogens is 440 g/mol. The fourth-order valence-corrected chi connectivity index (χ4v) is 4.70. The maximum atomic E-state index is 13.1. The molecule has 0 aliphatic carbocycles. The van der Waals surface area contributed by atoms with E-state index in [1.807, 2.05) is 26.0 Å². The lowest BCUT2D eigenvalue weighted by Gasteiger charge is -2.23. The molecule has 0 radical (unpaired) electrons. The molecule has 0 aliphatic heterocycles. The van der Waals surface area contributed by atoms with Crippen molar-refractivity contribution in [3.05, 3.63) is 78.4 Å². The number of para-hydroxylation sites is 2. The van der Waals surface area contributed by atoms with Crippen LogP contribution in [0.2, 0.25) is 0 Å². The fraction of sp³-hybridized carbons (Fsp3) is 0.240. The molecule has 7 nitrogen and oxygen atoms in total. The zero-order valence-corrected chi connectivity index (χ0v) is 19.8. The van der Waals surface area contributed by atoms with Crippen LogP contribution >= 0.6 is 0 Å². The SMILES string of the molecule is CCOc1ccccc1NC(=O)COc1ccc(N(CC)S(=O)(=O)c2ccc(C)cc2)cc1. The number of nitrogens with zero attached hydrogens (tertiary/aromatic N) is 1. The van der Waals surface area contributed by atoms with Crippen molar-refractivity contribution >= 4 is 27.3 Å². The van der Waals surface area contributed by atoms with Crippen LogP contribution in [-0.2, 0) is 14.8 Å². The number of benzene rings is 3. The van der Waals surface area contributed by atoms with Crippen LogP contribution in [0, 0.1) is 6.92 Å². The lowest BCUT2D eigenvalue weighted by molar-refractivity contribution is -0.118. The predicted octanol–water partition coefficient (Wildman–Crippen LogP) is 4.63. The van der Waals surface area contributed by atoms with Gasteiger partial charge in [-0.25, -0.2) is 8.42 Å². The highest BCUT2D eigenvalue weighted by Crippen LogP contribution is 2.26. The maximum Gasteiger partial charge on any atom is 0.264 e. The molecule has 0 saturated carbocycles. The molecule has 0 aliphatic rings. The van der Waals surface area contributed by atoms with Gasteiger partial charge in [0.05, 0.1) is 22.9 Å². The average Bonchev–Trinajstić information content (AvgIpc) is 2.80. The first-order valence-electron chi connectivity index (χ1n) is 10.7. The van der Waals surface area contributed by atoms with Crippen LogP contribution in [0.1, 0.15) is 19.4 Å². The largest absolute Gasteiger partial charge is 0.492 e. The Kier molecular flexibility index (Phi) is 7.95. The van der Waals surface area contributed by atoms with Crippen LogP contribution in [0.5, 0.6) is 11.5 Å². The van der Waals surface area contributed by atoms with Gasteiger partial charge >= 0.3 is 0 Å². The third-order valence-electron chi connectivity index (χ3n) is 4.85. The molecule has 0 unspecified atom stereocenters. The van der Waals surface area contributed by atoms with Crippen LogP contribution in [0.4, 0.5) is 11.4 Å². The van der Waals surface area contributed by atoms with Gasteiger partial charge in [-0.1, -0.05) is 29.8 Å². The highest BCUT2D eigenvalue weighted by Gasteiger charge is 2.23. The number of nitrogens with one attached hydrogen (secondary N) is 1. The summed E-state index contributed by atoms with van der Waals surface area (Å²) in [6, 6.07) is 20.5. The second kappa shape index (κ2) is 10.9. The van der Waals surface area contributed by atoms with E-state index in [-0.39, 0.29) is 24.0 Å². The van der Waals surface area contributed by atoms with E-state index in [4.69, 9.17) is 9.47 Å². The molecule has 3 aromatic carbocycles. The quantitative estimate of drug-likeness (QED) is 0.469. The normalized spacial score (nSPS) is 11.0. The van der Waals surface area contributed by atoms with E-state index in [0.717, 1.165) is 5.56 Å². The minimum atomic E-state index is -3.69. The lowest BCUT2D eigenvalue weighted by atomic mass is 10.2. The first-order valence-corrected chi connectivity index (χ1v) is 12.1. The summed E-state index contributed by atoms with van der Waals surface area (Å²) in [5, 5.41) is 2.77. The monoisotopic (exact) mass is 468 g/mol. The number of amides is 1. The molecule has 174 valence electrons. The third kappa shape index (κ3) is 6.04. The first-order chi connectivity index (χ1) is 15.8. The van der Waals surface area contributed by atoms with E-state index >= 15 is 0 Å². The van der Waals surface area contributed by atoms with Gasteiger partial charge in [-0.2, -0.15) is 0 Å². The summed E-state index contributed by atoms with van der Waals surface area (Å²) in [6.45, 7) is 6.13. The van der Waals surface area contributed by atoms with Crippen LogP contribution in [0.3, 0.4) is 0 Å². The molecule has 1 N–H and O–H groups in total. The van der Waals surface area contributed by atoms with E-state index in [1.54, 1.807) is 67.6 Å². The number of rotatable bonds is 10. The van der Waals surface area contributed by atoms with Gasteiger partial charge in [0.25, 0.3) is 15.9 Å². The second-order valence-corrected chi connectivity index (χ2v) is 9.11.